The van der Waals surface area contributed by atoms with Crippen LogP contribution in [0, 0.1) is 0 Å². The number of ether oxygens (including phenoxy) is 1. The van der Waals surface area contributed by atoms with Crippen LogP contribution in [-0.2, 0) is 27.2 Å². The van der Waals surface area contributed by atoms with E-state index in [2.05, 4.69) is 19.7 Å². The molecule has 0 heterocycles. The molecule has 6 nitrogen and oxygen atoms in total. The van der Waals surface area contributed by atoms with E-state index in [9.17, 15) is 4.79 Å². The van der Waals surface area contributed by atoms with Gasteiger partial charge in [0.2, 0.25) is 0 Å². The lowest BCUT2D eigenvalue weighted by Gasteiger charge is -2.23. The van der Waals surface area contributed by atoms with Crippen molar-refractivity contribution in [1.82, 2.24) is 0 Å². The first kappa shape index (κ1) is 19.8. The van der Waals surface area contributed by atoms with Crippen molar-refractivity contribution in [3.8, 4) is 0 Å². The Morgan fingerprint density at radius 2 is 1.56 bits per heavy atom. The van der Waals surface area contributed by atoms with Crippen LogP contribution in [0.3, 0.4) is 0 Å². The molecule has 0 radical (unpaired) electrons. The average molecular weight is 296 g/mol. The maximum Gasteiger partial charge on any atom is 0.539 e. The van der Waals surface area contributed by atoms with Crippen LogP contribution in [0.2, 0.25) is 13.1 Å². The van der Waals surface area contributed by atoms with E-state index in [0.29, 0.717) is 0 Å². The van der Waals surface area contributed by atoms with E-state index in [1.54, 1.807) is 7.11 Å². The monoisotopic (exact) mass is 296 g/mol. The van der Waals surface area contributed by atoms with Crippen LogP contribution in [-0.4, -0.2) is 58.5 Å². The van der Waals surface area contributed by atoms with E-state index in [-0.39, 0.29) is 6.23 Å². The zero-order valence-corrected chi connectivity index (χ0v) is 14.2. The van der Waals surface area contributed by atoms with Crippen LogP contribution in [0.4, 0.5) is 0 Å². The Morgan fingerprint density at radius 3 is 1.78 bits per heavy atom. The van der Waals surface area contributed by atoms with E-state index in [1.807, 2.05) is 0 Å². The van der Waals surface area contributed by atoms with Gasteiger partial charge in [0, 0.05) is 34.5 Å². The first-order valence-corrected chi connectivity index (χ1v) is 10.1. The molecule has 8 heteroatoms. The lowest BCUT2D eigenvalue weighted by atomic mass is 10.7. The van der Waals surface area contributed by atoms with Gasteiger partial charge in [0.1, 0.15) is 0 Å². The molecule has 0 atom stereocenters. The second-order valence-corrected chi connectivity index (χ2v) is 8.84. The summed E-state index contributed by atoms with van der Waals surface area (Å²) < 4.78 is 24.7. The van der Waals surface area contributed by atoms with Gasteiger partial charge in [-0.05, 0) is 13.1 Å². The summed E-state index contributed by atoms with van der Waals surface area (Å²) in [5.41, 5.74) is 0. The van der Waals surface area contributed by atoms with Crippen molar-refractivity contribution in [3.05, 3.63) is 12.7 Å². The third-order valence-electron chi connectivity index (χ3n) is 1.96. The molecule has 0 saturated heterocycles. The molecule has 0 N–H and O–H groups in total. The highest BCUT2D eigenvalue weighted by Crippen LogP contribution is 2.06. The number of rotatable bonds is 7. The Labute approximate surface area is 112 Å². The Bertz CT molecular complexity index is 222. The Morgan fingerprint density at radius 1 is 1.17 bits per heavy atom. The lowest BCUT2D eigenvalue weighted by molar-refractivity contribution is -0.137. The summed E-state index contributed by atoms with van der Waals surface area (Å²) in [6.07, 6.45) is 1.06. The Balaban J connectivity index is 0. The maximum atomic E-state index is 10.7. The quantitative estimate of drug-likeness (QED) is 0.392. The van der Waals surface area contributed by atoms with Crippen molar-refractivity contribution in [3.63, 3.8) is 0 Å². The largest absolute Gasteiger partial charge is 0.539 e. The predicted molar refractivity (Wildman–Crippen MR) is 73.8 cm³/mol. The summed E-state index contributed by atoms with van der Waals surface area (Å²) in [6.45, 7) is 7.53. The van der Waals surface area contributed by atoms with Gasteiger partial charge in [0.25, 0.3) is 0 Å². The fourth-order valence-electron chi connectivity index (χ4n) is 0.645. The summed E-state index contributed by atoms with van der Waals surface area (Å²) in [5, 5.41) is 0. The molecule has 0 aliphatic rings. The number of carbonyl (C=O) groups excluding carboxylic acids is 1. The van der Waals surface area contributed by atoms with Crippen molar-refractivity contribution in [2.75, 3.05) is 34.7 Å². The molecule has 0 aromatic carbocycles. The van der Waals surface area contributed by atoms with Crippen molar-refractivity contribution in [2.45, 2.75) is 13.1 Å². The number of hydrogen-bond donors (Lipinski definition) is 0. The molecule has 0 aliphatic heterocycles. The minimum Gasteiger partial charge on any atom is -0.458 e. The number of hydrogen-bond acceptors (Lipinski definition) is 6. The second-order valence-electron chi connectivity index (χ2n) is 3.39. The van der Waals surface area contributed by atoms with Gasteiger partial charge in [0.15, 0.2) is 15.3 Å². The SMILES string of the molecule is C=CC(=O)OC[Si](OC)(OC)OC.CO[SiH](C)C. The van der Waals surface area contributed by atoms with E-state index in [1.165, 1.54) is 21.3 Å². The van der Waals surface area contributed by atoms with E-state index >= 15 is 0 Å². The molecule has 0 unspecified atom stereocenters. The summed E-state index contributed by atoms with van der Waals surface area (Å²) in [7, 11) is 2.66. The first-order chi connectivity index (χ1) is 8.41. The minimum absolute atomic E-state index is 0.0125. The van der Waals surface area contributed by atoms with Crippen LogP contribution in [0.25, 0.3) is 0 Å². The normalized spacial score (nSPS) is 10.6. The molecule has 0 amide bonds. The molecular weight excluding hydrogens is 272 g/mol. The third-order valence-corrected chi connectivity index (χ3v) is 5.27. The Hall–Kier alpha value is -0.516. The van der Waals surface area contributed by atoms with Crippen LogP contribution in [0.15, 0.2) is 12.7 Å². The van der Waals surface area contributed by atoms with Gasteiger partial charge in [-0.25, -0.2) is 4.79 Å². The van der Waals surface area contributed by atoms with Crippen LogP contribution < -0.4 is 0 Å². The van der Waals surface area contributed by atoms with E-state index in [4.69, 9.17) is 22.4 Å². The summed E-state index contributed by atoms with van der Waals surface area (Å²) in [6, 6.07) is 0. The Kier molecular flexibility index (Phi) is 12.7. The number of esters is 1. The molecular formula is C10H24O6Si2. The van der Waals surface area contributed by atoms with Crippen LogP contribution in [0.1, 0.15) is 0 Å². The molecule has 0 aromatic rings. The van der Waals surface area contributed by atoms with Gasteiger partial charge in [-0.2, -0.15) is 0 Å². The van der Waals surface area contributed by atoms with Gasteiger partial charge in [-0.3, -0.25) is 0 Å². The summed E-state index contributed by atoms with van der Waals surface area (Å²) >= 11 is 0. The number of carbonyl (C=O) groups is 1. The van der Waals surface area contributed by atoms with Gasteiger partial charge >= 0.3 is 14.8 Å². The smallest absolute Gasteiger partial charge is 0.458 e. The van der Waals surface area contributed by atoms with Crippen LogP contribution in [0.5, 0.6) is 0 Å². The van der Waals surface area contributed by atoms with Gasteiger partial charge < -0.3 is 22.4 Å². The molecule has 0 bridgehead atoms. The molecule has 108 valence electrons. The third kappa shape index (κ3) is 9.51. The minimum atomic E-state index is -2.79. The van der Waals surface area contributed by atoms with Crippen molar-refractivity contribution in [2.24, 2.45) is 0 Å². The highest BCUT2D eigenvalue weighted by atomic mass is 28.4. The second kappa shape index (κ2) is 11.6. The van der Waals surface area contributed by atoms with Gasteiger partial charge in [0.05, 0.1) is 0 Å². The van der Waals surface area contributed by atoms with Crippen molar-refractivity contribution < 1.29 is 27.2 Å². The van der Waals surface area contributed by atoms with E-state index < -0.39 is 23.8 Å². The van der Waals surface area contributed by atoms with Gasteiger partial charge in [-0.1, -0.05) is 6.58 Å². The molecule has 0 spiro atoms. The first-order valence-electron chi connectivity index (χ1n) is 5.38. The molecule has 18 heavy (non-hydrogen) atoms. The summed E-state index contributed by atoms with van der Waals surface area (Å²) in [4.78, 5) is 10.7. The van der Waals surface area contributed by atoms with Crippen molar-refractivity contribution >= 4 is 23.8 Å². The standard InChI is InChI=1S/C7H14O5Si.C3H10OSi/c1-5-7(8)12-6-13(9-2,10-3)11-4;1-4-5(2)3/h5H,1,6H2,2-4H3;5H,1-3H3. The fourth-order valence-corrected chi connectivity index (χ4v) is 1.82. The van der Waals surface area contributed by atoms with Gasteiger partial charge in [-0.15, -0.1) is 0 Å². The van der Waals surface area contributed by atoms with E-state index in [0.717, 1.165) is 6.08 Å². The lowest BCUT2D eigenvalue weighted by Crippen LogP contribution is -2.48. The summed E-state index contributed by atoms with van der Waals surface area (Å²) in [5.74, 6) is -0.525. The highest BCUT2D eigenvalue weighted by molar-refractivity contribution is 6.60. The maximum absolute atomic E-state index is 10.7. The predicted octanol–water partition coefficient (Wildman–Crippen LogP) is 0.749. The molecule has 0 fully saturated rings. The zero-order chi connectivity index (χ0) is 14.6. The highest BCUT2D eigenvalue weighted by Gasteiger charge is 2.39. The fraction of sp³-hybridized carbons (Fsp3) is 0.700. The molecule has 0 aliphatic carbocycles. The molecule has 0 aromatic heterocycles. The topological polar surface area (TPSA) is 63.2 Å². The van der Waals surface area contributed by atoms with Crippen LogP contribution >= 0.6 is 0 Å². The molecule has 0 saturated carbocycles. The van der Waals surface area contributed by atoms with Crippen molar-refractivity contribution in [1.29, 1.82) is 0 Å². The zero-order valence-electron chi connectivity index (χ0n) is 12.0. The molecule has 0 rings (SSSR count). The average Bonchev–Trinajstić information content (AvgIpc) is 2.41.